The van der Waals surface area contributed by atoms with Crippen LogP contribution in [0.1, 0.15) is 31.1 Å². The Hall–Kier alpha value is -1.07. The van der Waals surface area contributed by atoms with Crippen molar-refractivity contribution >= 4 is 18.6 Å². The fourth-order valence-corrected chi connectivity index (χ4v) is 1.43. The summed E-state index contributed by atoms with van der Waals surface area (Å²) in [4.78, 5) is 12.1. The van der Waals surface area contributed by atoms with E-state index in [0.29, 0.717) is 4.90 Å². The van der Waals surface area contributed by atoms with Crippen molar-refractivity contribution in [1.82, 2.24) is 0 Å². The number of benzene rings is 1. The lowest BCUT2D eigenvalue weighted by atomic mass is 10.2. The third kappa shape index (κ3) is 5.06. The Balaban J connectivity index is 2.48. The van der Waals surface area contributed by atoms with Crippen molar-refractivity contribution < 1.29 is 18.7 Å². The first-order chi connectivity index (χ1) is 8.29. The van der Waals surface area contributed by atoms with Crippen molar-refractivity contribution in [2.24, 2.45) is 0 Å². The van der Waals surface area contributed by atoms with Crippen LogP contribution in [0.3, 0.4) is 0 Å². The smallest absolute Gasteiger partial charge is 0.341 e. The molecule has 0 spiro atoms. The highest BCUT2D eigenvalue weighted by Gasteiger charge is 2.14. The predicted octanol–water partition coefficient (Wildman–Crippen LogP) is 3.09. The molecule has 0 bridgehead atoms. The second-order valence-electron chi connectivity index (χ2n) is 4.76. The summed E-state index contributed by atoms with van der Waals surface area (Å²) < 4.78 is 23.7. The highest BCUT2D eigenvalue weighted by Crippen LogP contribution is 2.14. The van der Waals surface area contributed by atoms with Gasteiger partial charge in [-0.3, -0.25) is 0 Å². The molecule has 0 atom stereocenters. The van der Waals surface area contributed by atoms with Gasteiger partial charge in [-0.05, 0) is 39.0 Å². The Morgan fingerprint density at radius 3 is 2.61 bits per heavy atom. The fraction of sp³-hybridized carbons (Fsp3) is 0.462. The summed E-state index contributed by atoms with van der Waals surface area (Å²) >= 11 is 4.04. The van der Waals surface area contributed by atoms with Gasteiger partial charge in [-0.25, -0.2) is 9.18 Å². The third-order valence-corrected chi connectivity index (χ3v) is 2.30. The number of esters is 1. The van der Waals surface area contributed by atoms with E-state index >= 15 is 0 Å². The van der Waals surface area contributed by atoms with Crippen molar-refractivity contribution in [3.8, 4) is 0 Å². The Bertz CT molecular complexity index is 427. The average Bonchev–Trinajstić information content (AvgIpc) is 2.26. The maximum absolute atomic E-state index is 13.4. The van der Waals surface area contributed by atoms with Crippen molar-refractivity contribution in [2.75, 3.05) is 13.2 Å². The van der Waals surface area contributed by atoms with Crippen LogP contribution in [0.15, 0.2) is 23.1 Å². The standard InChI is InChI=1S/C13H17FO3S/c1-13(2,3)17-7-6-16-12(15)10-8-9(18)4-5-11(10)14/h4-5,8,18H,6-7H2,1-3H3. The monoisotopic (exact) mass is 272 g/mol. The third-order valence-electron chi connectivity index (χ3n) is 2.02. The summed E-state index contributed by atoms with van der Waals surface area (Å²) in [6, 6.07) is 3.99. The molecule has 0 aliphatic carbocycles. The zero-order valence-corrected chi connectivity index (χ0v) is 11.6. The summed E-state index contributed by atoms with van der Waals surface area (Å²) in [5.74, 6) is -1.32. The van der Waals surface area contributed by atoms with E-state index in [2.05, 4.69) is 12.6 Å². The van der Waals surface area contributed by atoms with Crippen molar-refractivity contribution in [3.63, 3.8) is 0 Å². The lowest BCUT2D eigenvalue weighted by Crippen LogP contribution is -2.22. The van der Waals surface area contributed by atoms with E-state index < -0.39 is 11.8 Å². The van der Waals surface area contributed by atoms with Gasteiger partial charge in [0.15, 0.2) is 0 Å². The number of hydrogen-bond donors (Lipinski definition) is 1. The summed E-state index contributed by atoms with van der Waals surface area (Å²) in [6.07, 6.45) is 0. The van der Waals surface area contributed by atoms with Gasteiger partial charge in [0.1, 0.15) is 12.4 Å². The minimum atomic E-state index is -0.707. The molecule has 100 valence electrons. The summed E-state index contributed by atoms with van der Waals surface area (Å²) in [5.41, 5.74) is -0.402. The minimum Gasteiger partial charge on any atom is -0.460 e. The Morgan fingerprint density at radius 1 is 1.33 bits per heavy atom. The van der Waals surface area contributed by atoms with E-state index in [4.69, 9.17) is 9.47 Å². The van der Waals surface area contributed by atoms with Crippen LogP contribution in [0, 0.1) is 5.82 Å². The van der Waals surface area contributed by atoms with E-state index in [1.807, 2.05) is 20.8 Å². The summed E-state index contributed by atoms with van der Waals surface area (Å²) in [5, 5.41) is 0. The molecule has 1 aromatic rings. The minimum absolute atomic E-state index is 0.0896. The van der Waals surface area contributed by atoms with E-state index in [0.717, 1.165) is 0 Å². The van der Waals surface area contributed by atoms with Crippen LogP contribution in [0.4, 0.5) is 4.39 Å². The number of carbonyl (C=O) groups is 1. The van der Waals surface area contributed by atoms with E-state index in [9.17, 15) is 9.18 Å². The van der Waals surface area contributed by atoms with Gasteiger partial charge in [-0.2, -0.15) is 0 Å². The predicted molar refractivity (Wildman–Crippen MR) is 69.6 cm³/mol. The Labute approximate surface area is 112 Å². The largest absolute Gasteiger partial charge is 0.460 e. The first-order valence-electron chi connectivity index (χ1n) is 5.59. The molecule has 0 aliphatic heterocycles. The molecular weight excluding hydrogens is 255 g/mol. The highest BCUT2D eigenvalue weighted by molar-refractivity contribution is 7.80. The second kappa shape index (κ2) is 6.20. The topological polar surface area (TPSA) is 35.5 Å². The Morgan fingerprint density at radius 2 is 2.00 bits per heavy atom. The normalized spacial score (nSPS) is 11.4. The van der Waals surface area contributed by atoms with E-state index in [1.54, 1.807) is 0 Å². The number of halogens is 1. The van der Waals surface area contributed by atoms with Gasteiger partial charge in [0, 0.05) is 4.90 Å². The average molecular weight is 272 g/mol. The molecule has 0 amide bonds. The number of thiol groups is 1. The quantitative estimate of drug-likeness (QED) is 0.520. The van der Waals surface area contributed by atoms with Crippen LogP contribution < -0.4 is 0 Å². The van der Waals surface area contributed by atoms with E-state index in [-0.39, 0.29) is 24.4 Å². The van der Waals surface area contributed by atoms with Crippen LogP contribution in [-0.4, -0.2) is 24.8 Å². The maximum atomic E-state index is 13.4. The van der Waals surface area contributed by atoms with Crippen molar-refractivity contribution in [2.45, 2.75) is 31.3 Å². The molecule has 0 saturated carbocycles. The van der Waals surface area contributed by atoms with Crippen LogP contribution in [0.2, 0.25) is 0 Å². The SMILES string of the molecule is CC(C)(C)OCCOC(=O)c1cc(S)ccc1F. The first kappa shape index (κ1) is 15.0. The molecule has 1 aromatic carbocycles. The molecule has 1 rings (SSSR count). The van der Waals surface area contributed by atoms with Gasteiger partial charge < -0.3 is 9.47 Å². The first-order valence-corrected chi connectivity index (χ1v) is 6.04. The van der Waals surface area contributed by atoms with Crippen molar-refractivity contribution in [3.05, 3.63) is 29.6 Å². The van der Waals surface area contributed by atoms with Gasteiger partial charge in [0.2, 0.25) is 0 Å². The molecule has 0 aromatic heterocycles. The zero-order valence-electron chi connectivity index (χ0n) is 10.7. The van der Waals surface area contributed by atoms with Gasteiger partial charge in [-0.1, -0.05) is 0 Å². The number of rotatable bonds is 4. The lowest BCUT2D eigenvalue weighted by molar-refractivity contribution is -0.0282. The second-order valence-corrected chi connectivity index (χ2v) is 5.28. The summed E-state index contributed by atoms with van der Waals surface area (Å²) in [6.45, 7) is 6.07. The molecule has 0 heterocycles. The molecule has 18 heavy (non-hydrogen) atoms. The molecule has 3 nitrogen and oxygen atoms in total. The van der Waals surface area contributed by atoms with Gasteiger partial charge in [0.05, 0.1) is 17.8 Å². The molecule has 0 unspecified atom stereocenters. The zero-order chi connectivity index (χ0) is 13.8. The van der Waals surface area contributed by atoms with E-state index in [1.165, 1.54) is 18.2 Å². The van der Waals surface area contributed by atoms with Gasteiger partial charge in [0.25, 0.3) is 0 Å². The molecule has 5 heteroatoms. The van der Waals surface area contributed by atoms with Crippen LogP contribution >= 0.6 is 12.6 Å². The maximum Gasteiger partial charge on any atom is 0.341 e. The van der Waals surface area contributed by atoms with Crippen molar-refractivity contribution in [1.29, 1.82) is 0 Å². The molecular formula is C13H17FO3S. The van der Waals surface area contributed by atoms with Crippen LogP contribution in [-0.2, 0) is 9.47 Å². The molecule has 0 saturated heterocycles. The molecule has 0 radical (unpaired) electrons. The number of ether oxygens (including phenoxy) is 2. The highest BCUT2D eigenvalue weighted by atomic mass is 32.1. The van der Waals surface area contributed by atoms with Crippen LogP contribution in [0.5, 0.6) is 0 Å². The molecule has 0 N–H and O–H groups in total. The lowest BCUT2D eigenvalue weighted by Gasteiger charge is -2.19. The summed E-state index contributed by atoms with van der Waals surface area (Å²) in [7, 11) is 0. The number of hydrogen-bond acceptors (Lipinski definition) is 4. The number of carbonyl (C=O) groups excluding carboxylic acids is 1. The van der Waals surface area contributed by atoms with Crippen LogP contribution in [0.25, 0.3) is 0 Å². The Kier molecular flexibility index (Phi) is 5.16. The molecule has 0 fully saturated rings. The van der Waals surface area contributed by atoms with Gasteiger partial charge >= 0.3 is 5.97 Å². The molecule has 0 aliphatic rings. The van der Waals surface area contributed by atoms with Gasteiger partial charge in [-0.15, -0.1) is 12.6 Å². The fourth-order valence-electron chi connectivity index (χ4n) is 1.23.